The lowest BCUT2D eigenvalue weighted by molar-refractivity contribution is -0.234. The number of ether oxygens (including phenoxy) is 1. The number of esters is 1. The van der Waals surface area contributed by atoms with Crippen LogP contribution in [0.5, 0.6) is 0 Å². The molecule has 0 aliphatic heterocycles. The zero-order valence-corrected chi connectivity index (χ0v) is 29.6. The monoisotopic (exact) mass is 650 g/mol. The van der Waals surface area contributed by atoms with Crippen molar-refractivity contribution in [1.29, 1.82) is 0 Å². The highest BCUT2D eigenvalue weighted by atomic mass is 32.2. The molecule has 4 fully saturated rings. The highest BCUT2D eigenvalue weighted by Crippen LogP contribution is 2.74. The van der Waals surface area contributed by atoms with E-state index in [-0.39, 0.29) is 45.9 Å². The van der Waals surface area contributed by atoms with Gasteiger partial charge in [0.2, 0.25) is 10.0 Å². The number of nitrogens with one attached hydrogen (secondary N) is 2. The molecule has 4 N–H and O–H groups in total. The summed E-state index contributed by atoms with van der Waals surface area (Å²) in [4.78, 5) is 28.7. The molecule has 4 aliphatic carbocycles. The van der Waals surface area contributed by atoms with Gasteiger partial charge in [-0.25, -0.2) is 8.42 Å². The van der Waals surface area contributed by atoms with E-state index in [1.807, 2.05) is 26.8 Å². The zero-order chi connectivity index (χ0) is 33.5. The molecule has 4 saturated carbocycles. The average molecular weight is 651 g/mol. The minimum Gasteiger partial charge on any atom is -0.458 e. The molecule has 1 amide bonds. The summed E-state index contributed by atoms with van der Waals surface area (Å²) < 4.78 is 31.2. The maximum absolute atomic E-state index is 13.9. The average Bonchev–Trinajstić information content (AvgIpc) is 3.22. The third-order valence-electron chi connectivity index (χ3n) is 12.7. The summed E-state index contributed by atoms with van der Waals surface area (Å²) in [6, 6.07) is 0. The standard InChI is InChI=1S/C35H58N2O7S/c1-9-10-18-45(42,43)37-36-32(41)24(13-11-12-21(2)3)30-26-19-28(40)31-33(6)16-15-27(39)22(4)25(33)14-17-34(31,7)35(26,8)20-29(30)44-23(5)38/h12,22,25-29,31,37,39-40H,9-11,13-20H2,1-8H3,(H,36,41)/b30-24-/t22-,25-,26-,27+,28+,29-,31-,33-,34-,35-/m0/s1. The summed E-state index contributed by atoms with van der Waals surface area (Å²) in [5.74, 6) is -0.838. The number of aliphatic hydroxyl groups is 2. The lowest BCUT2D eigenvalue weighted by Crippen LogP contribution is -2.65. The van der Waals surface area contributed by atoms with Gasteiger partial charge in [-0.05, 0) is 117 Å². The van der Waals surface area contributed by atoms with Gasteiger partial charge < -0.3 is 14.9 Å². The fourth-order valence-corrected chi connectivity index (χ4v) is 11.4. The molecule has 10 heteroatoms. The molecule has 4 aliphatic rings. The lowest BCUT2D eigenvalue weighted by atomic mass is 9.36. The number of carbonyl (C=O) groups is 2. The molecule has 0 aromatic carbocycles. The SMILES string of the molecule is CCCCS(=O)(=O)NNC(=O)/C(CCC=C(C)C)=C1\[C@@H](OC(C)=O)C[C@@]2(C)[C@H]1C[C@@H](O)[C@H]1[C@@]3(C)CC[C@@H](O)[C@@H](C)[C@@H]3CC[C@@]12C. The summed E-state index contributed by atoms with van der Waals surface area (Å²) in [5, 5.41) is 22.9. The van der Waals surface area contributed by atoms with Crippen LogP contribution in [0.2, 0.25) is 0 Å². The summed E-state index contributed by atoms with van der Waals surface area (Å²) in [6.07, 6.45) is 6.88. The van der Waals surface area contributed by atoms with Crippen molar-refractivity contribution in [2.24, 2.45) is 39.9 Å². The zero-order valence-electron chi connectivity index (χ0n) is 28.7. The predicted octanol–water partition coefficient (Wildman–Crippen LogP) is 5.33. The Labute approximate surface area is 271 Å². The van der Waals surface area contributed by atoms with Crippen LogP contribution < -0.4 is 10.3 Å². The van der Waals surface area contributed by atoms with E-state index in [0.29, 0.717) is 50.0 Å². The molecule has 0 unspecified atom stereocenters. The van der Waals surface area contributed by atoms with Gasteiger partial charge in [0.05, 0.1) is 18.0 Å². The van der Waals surface area contributed by atoms with Crippen LogP contribution in [0, 0.1) is 39.9 Å². The second kappa shape index (κ2) is 13.4. The highest BCUT2D eigenvalue weighted by molar-refractivity contribution is 7.89. The molecule has 0 aromatic rings. The number of fused-ring (bicyclic) bond motifs is 5. The first-order valence-corrected chi connectivity index (χ1v) is 18.8. The summed E-state index contributed by atoms with van der Waals surface area (Å²) in [7, 11) is -3.72. The normalized spacial score (nSPS) is 40.4. The molecular formula is C35H58N2O7S. The Bertz CT molecular complexity index is 1310. The first kappa shape index (κ1) is 36.1. The molecule has 4 rings (SSSR count). The van der Waals surface area contributed by atoms with E-state index in [2.05, 4.69) is 38.0 Å². The molecule has 0 heterocycles. The number of hydrazine groups is 1. The van der Waals surface area contributed by atoms with Gasteiger partial charge in [-0.15, -0.1) is 4.83 Å². The quantitative estimate of drug-likeness (QED) is 0.108. The second-order valence-corrected chi connectivity index (χ2v) is 17.4. The largest absolute Gasteiger partial charge is 0.458 e. The van der Waals surface area contributed by atoms with Gasteiger partial charge >= 0.3 is 5.97 Å². The molecule has 0 radical (unpaired) electrons. The predicted molar refractivity (Wildman–Crippen MR) is 175 cm³/mol. The third-order valence-corrected chi connectivity index (χ3v) is 13.9. The van der Waals surface area contributed by atoms with Crippen molar-refractivity contribution in [2.75, 3.05) is 5.75 Å². The first-order chi connectivity index (χ1) is 20.9. The minimum atomic E-state index is -3.72. The van der Waals surface area contributed by atoms with Crippen LogP contribution in [0.3, 0.4) is 0 Å². The number of rotatable bonds is 10. The van der Waals surface area contributed by atoms with Crippen LogP contribution in [0.25, 0.3) is 0 Å². The van der Waals surface area contributed by atoms with Crippen molar-refractivity contribution in [1.82, 2.24) is 10.3 Å². The van der Waals surface area contributed by atoms with Gasteiger partial charge in [-0.2, -0.15) is 0 Å². The van der Waals surface area contributed by atoms with Crippen LogP contribution >= 0.6 is 0 Å². The van der Waals surface area contributed by atoms with Crippen LogP contribution in [-0.2, 0) is 24.3 Å². The molecule has 45 heavy (non-hydrogen) atoms. The summed E-state index contributed by atoms with van der Waals surface area (Å²) in [6.45, 7) is 16.3. The smallest absolute Gasteiger partial charge is 0.303 e. The highest BCUT2D eigenvalue weighted by Gasteiger charge is 2.70. The first-order valence-electron chi connectivity index (χ1n) is 17.1. The molecule has 0 bridgehead atoms. The van der Waals surface area contributed by atoms with Gasteiger partial charge in [-0.3, -0.25) is 15.0 Å². The number of hydrogen-bond acceptors (Lipinski definition) is 7. The number of amides is 1. The van der Waals surface area contributed by atoms with Crippen molar-refractivity contribution in [3.05, 3.63) is 22.8 Å². The minimum absolute atomic E-state index is 0.00870. The van der Waals surface area contributed by atoms with Gasteiger partial charge in [-0.1, -0.05) is 52.7 Å². The molecule has 0 spiro atoms. The van der Waals surface area contributed by atoms with E-state index < -0.39 is 34.1 Å². The van der Waals surface area contributed by atoms with Crippen LogP contribution in [0.4, 0.5) is 0 Å². The van der Waals surface area contributed by atoms with Gasteiger partial charge in [0.25, 0.3) is 5.91 Å². The fourth-order valence-electron chi connectivity index (χ4n) is 10.4. The Balaban J connectivity index is 1.80. The van der Waals surface area contributed by atoms with E-state index >= 15 is 0 Å². The van der Waals surface area contributed by atoms with E-state index in [4.69, 9.17) is 4.74 Å². The Morgan fingerprint density at radius 3 is 2.36 bits per heavy atom. The van der Waals surface area contributed by atoms with Crippen LogP contribution in [0.1, 0.15) is 120 Å². The Morgan fingerprint density at radius 2 is 1.73 bits per heavy atom. The van der Waals surface area contributed by atoms with E-state index in [1.165, 1.54) is 6.92 Å². The number of sulfonamides is 1. The Hall–Kier alpha value is -1.75. The molecule has 256 valence electrons. The second-order valence-electron chi connectivity index (χ2n) is 15.6. The molecule has 0 aromatic heterocycles. The Kier molecular flexibility index (Phi) is 10.7. The Morgan fingerprint density at radius 1 is 1.04 bits per heavy atom. The van der Waals surface area contributed by atoms with Crippen molar-refractivity contribution in [3.63, 3.8) is 0 Å². The van der Waals surface area contributed by atoms with Crippen molar-refractivity contribution in [2.45, 2.75) is 138 Å². The summed E-state index contributed by atoms with van der Waals surface area (Å²) in [5.41, 5.74) is 3.88. The lowest BCUT2D eigenvalue weighted by Gasteiger charge is -2.69. The third kappa shape index (κ3) is 6.68. The molecule has 0 saturated heterocycles. The maximum Gasteiger partial charge on any atom is 0.303 e. The van der Waals surface area contributed by atoms with Crippen molar-refractivity contribution in [3.8, 4) is 0 Å². The van der Waals surface area contributed by atoms with E-state index in [9.17, 15) is 28.2 Å². The van der Waals surface area contributed by atoms with Crippen molar-refractivity contribution < 1.29 is 33.0 Å². The van der Waals surface area contributed by atoms with E-state index in [0.717, 1.165) is 36.8 Å². The van der Waals surface area contributed by atoms with Crippen LogP contribution in [0.15, 0.2) is 22.8 Å². The topological polar surface area (TPSA) is 142 Å². The maximum atomic E-state index is 13.9. The number of carbonyl (C=O) groups excluding carboxylic acids is 2. The summed E-state index contributed by atoms with van der Waals surface area (Å²) >= 11 is 0. The molecule has 9 nitrogen and oxygen atoms in total. The van der Waals surface area contributed by atoms with Gasteiger partial charge in [0.1, 0.15) is 6.10 Å². The van der Waals surface area contributed by atoms with Gasteiger partial charge in [0.15, 0.2) is 0 Å². The van der Waals surface area contributed by atoms with E-state index in [1.54, 1.807) is 0 Å². The number of allylic oxidation sites excluding steroid dienone is 2. The molecule has 10 atom stereocenters. The van der Waals surface area contributed by atoms with Crippen LogP contribution in [-0.4, -0.2) is 54.6 Å². The number of unbranched alkanes of at least 4 members (excludes halogenated alkanes) is 1. The molecular weight excluding hydrogens is 592 g/mol. The van der Waals surface area contributed by atoms with Crippen molar-refractivity contribution >= 4 is 21.9 Å². The number of aliphatic hydroxyl groups excluding tert-OH is 2. The number of hydrogen-bond donors (Lipinski definition) is 4. The fraction of sp³-hybridized carbons (Fsp3) is 0.829. The van der Waals surface area contributed by atoms with Gasteiger partial charge in [0, 0.05) is 12.5 Å².